The van der Waals surface area contributed by atoms with Crippen LogP contribution in [-0.4, -0.2) is 12.9 Å². The lowest BCUT2D eigenvalue weighted by Crippen LogP contribution is -2.17. The molecule has 15 heavy (non-hydrogen) atoms. The van der Waals surface area contributed by atoms with E-state index in [4.69, 9.17) is 6.57 Å². The van der Waals surface area contributed by atoms with E-state index >= 15 is 0 Å². The molecule has 0 aliphatic rings. The highest BCUT2D eigenvalue weighted by Crippen LogP contribution is 2.22. The van der Waals surface area contributed by atoms with Gasteiger partial charge in [-0.1, -0.05) is 12.1 Å². The van der Waals surface area contributed by atoms with Gasteiger partial charge in [0.15, 0.2) is 0 Å². The molecule has 0 aliphatic heterocycles. The third-order valence-electron chi connectivity index (χ3n) is 1.67. The third kappa shape index (κ3) is 4.36. The first kappa shape index (κ1) is 11.4. The molecule has 0 unspecified atom stereocenters. The minimum atomic E-state index is -4.65. The highest BCUT2D eigenvalue weighted by Gasteiger charge is 2.30. The monoisotopic (exact) mass is 215 g/mol. The first-order chi connectivity index (χ1) is 7.01. The predicted octanol–water partition coefficient (Wildman–Crippen LogP) is 3.05. The summed E-state index contributed by atoms with van der Waals surface area (Å²) in [4.78, 5) is 3.15. The van der Waals surface area contributed by atoms with Crippen molar-refractivity contribution in [3.05, 3.63) is 41.2 Å². The average molecular weight is 215 g/mol. The summed E-state index contributed by atoms with van der Waals surface area (Å²) in [7, 11) is 0. The molecule has 0 aromatic heterocycles. The molecular weight excluding hydrogens is 207 g/mol. The Morgan fingerprint density at radius 2 is 1.80 bits per heavy atom. The van der Waals surface area contributed by atoms with Crippen LogP contribution in [0.5, 0.6) is 5.75 Å². The predicted molar refractivity (Wildman–Crippen MR) is 48.3 cm³/mol. The van der Waals surface area contributed by atoms with Crippen LogP contribution in [-0.2, 0) is 6.42 Å². The fourth-order valence-corrected chi connectivity index (χ4v) is 1.04. The quantitative estimate of drug-likeness (QED) is 0.706. The Hall–Kier alpha value is -1.70. The van der Waals surface area contributed by atoms with Crippen LogP contribution in [0.2, 0.25) is 0 Å². The number of hydrogen-bond donors (Lipinski definition) is 0. The second-order valence-electron chi connectivity index (χ2n) is 2.82. The largest absolute Gasteiger partial charge is 0.573 e. The highest BCUT2D eigenvalue weighted by atomic mass is 19.4. The van der Waals surface area contributed by atoms with Crippen LogP contribution < -0.4 is 4.74 Å². The second kappa shape index (κ2) is 4.69. The number of hydrogen-bond acceptors (Lipinski definition) is 1. The Bertz CT molecular complexity index is 350. The Balaban J connectivity index is 2.61. The van der Waals surface area contributed by atoms with Crippen molar-refractivity contribution < 1.29 is 17.9 Å². The lowest BCUT2D eigenvalue weighted by Gasteiger charge is -2.08. The summed E-state index contributed by atoms with van der Waals surface area (Å²) in [5.74, 6) is -0.242. The fraction of sp³-hybridized carbons (Fsp3) is 0.300. The molecule has 0 bridgehead atoms. The summed E-state index contributed by atoms with van der Waals surface area (Å²) in [6.07, 6.45) is -4.12. The molecule has 1 aromatic rings. The summed E-state index contributed by atoms with van der Waals surface area (Å²) in [5, 5.41) is 0. The Morgan fingerprint density at radius 3 is 2.27 bits per heavy atom. The van der Waals surface area contributed by atoms with Gasteiger partial charge in [0.05, 0.1) is 0 Å². The summed E-state index contributed by atoms with van der Waals surface area (Å²) in [5.41, 5.74) is 0.820. The number of ether oxygens (including phenoxy) is 1. The lowest BCUT2D eigenvalue weighted by molar-refractivity contribution is -0.274. The zero-order valence-corrected chi connectivity index (χ0v) is 7.71. The highest BCUT2D eigenvalue weighted by molar-refractivity contribution is 5.27. The van der Waals surface area contributed by atoms with Crippen LogP contribution in [0.1, 0.15) is 5.56 Å². The Morgan fingerprint density at radius 1 is 1.20 bits per heavy atom. The van der Waals surface area contributed by atoms with E-state index in [9.17, 15) is 13.2 Å². The molecular formula is C10H8F3NO. The molecule has 0 saturated carbocycles. The molecule has 5 heteroatoms. The maximum Gasteiger partial charge on any atom is 0.573 e. The summed E-state index contributed by atoms with van der Waals surface area (Å²) in [6, 6.07) is 5.53. The molecule has 0 aliphatic carbocycles. The molecule has 1 aromatic carbocycles. The molecule has 1 rings (SSSR count). The van der Waals surface area contributed by atoms with Gasteiger partial charge in [0.1, 0.15) is 5.75 Å². The molecule has 0 saturated heterocycles. The van der Waals surface area contributed by atoms with Crippen molar-refractivity contribution >= 4 is 0 Å². The van der Waals surface area contributed by atoms with Crippen LogP contribution in [0.25, 0.3) is 4.85 Å². The third-order valence-corrected chi connectivity index (χ3v) is 1.67. The fourth-order valence-electron chi connectivity index (χ4n) is 1.04. The van der Waals surface area contributed by atoms with E-state index in [2.05, 4.69) is 9.58 Å². The minimum absolute atomic E-state index is 0.242. The Kier molecular flexibility index (Phi) is 3.56. The number of rotatable bonds is 3. The normalized spacial score (nSPS) is 10.8. The van der Waals surface area contributed by atoms with Crippen molar-refractivity contribution in [3.8, 4) is 5.75 Å². The second-order valence-corrected chi connectivity index (χ2v) is 2.82. The van der Waals surface area contributed by atoms with E-state index in [1.807, 2.05) is 0 Å². The van der Waals surface area contributed by atoms with E-state index in [1.165, 1.54) is 24.3 Å². The SMILES string of the molecule is [C-]#[N+]CCc1ccc(OC(F)(F)F)cc1. The molecule has 0 N–H and O–H groups in total. The molecule has 0 fully saturated rings. The number of nitrogens with zero attached hydrogens (tertiary/aromatic N) is 1. The van der Waals surface area contributed by atoms with E-state index in [0.717, 1.165) is 5.56 Å². The van der Waals surface area contributed by atoms with Crippen molar-refractivity contribution in [2.45, 2.75) is 12.8 Å². The maximum atomic E-state index is 11.8. The van der Waals surface area contributed by atoms with E-state index in [-0.39, 0.29) is 5.75 Å². The van der Waals surface area contributed by atoms with Gasteiger partial charge >= 0.3 is 6.36 Å². The molecule has 0 atom stereocenters. The van der Waals surface area contributed by atoms with Crippen molar-refractivity contribution in [1.82, 2.24) is 0 Å². The van der Waals surface area contributed by atoms with Crippen molar-refractivity contribution in [2.24, 2.45) is 0 Å². The van der Waals surface area contributed by atoms with Crippen molar-refractivity contribution in [3.63, 3.8) is 0 Å². The van der Waals surface area contributed by atoms with E-state index in [0.29, 0.717) is 13.0 Å². The van der Waals surface area contributed by atoms with Crippen LogP contribution in [0, 0.1) is 6.57 Å². The van der Waals surface area contributed by atoms with Gasteiger partial charge in [0, 0.05) is 6.42 Å². The van der Waals surface area contributed by atoms with Gasteiger partial charge in [-0.05, 0) is 17.7 Å². The molecule has 80 valence electrons. The smallest absolute Gasteiger partial charge is 0.406 e. The summed E-state index contributed by atoms with van der Waals surface area (Å²) < 4.78 is 39.0. The van der Waals surface area contributed by atoms with Gasteiger partial charge in [-0.15, -0.1) is 13.2 Å². The molecule has 2 nitrogen and oxygen atoms in total. The van der Waals surface area contributed by atoms with E-state index < -0.39 is 6.36 Å². The van der Waals surface area contributed by atoms with Crippen LogP contribution in [0.15, 0.2) is 24.3 Å². The van der Waals surface area contributed by atoms with Gasteiger partial charge < -0.3 is 9.58 Å². The molecule has 0 radical (unpaired) electrons. The van der Waals surface area contributed by atoms with Crippen LogP contribution in [0.3, 0.4) is 0 Å². The van der Waals surface area contributed by atoms with E-state index in [1.54, 1.807) is 0 Å². The number of alkyl halides is 3. The van der Waals surface area contributed by atoms with Crippen molar-refractivity contribution in [2.75, 3.05) is 6.54 Å². The lowest BCUT2D eigenvalue weighted by atomic mass is 10.1. The number of halogens is 3. The van der Waals surface area contributed by atoms with Gasteiger partial charge in [-0.3, -0.25) is 0 Å². The average Bonchev–Trinajstić information content (AvgIpc) is 2.14. The maximum absolute atomic E-state index is 11.8. The van der Waals surface area contributed by atoms with Crippen molar-refractivity contribution in [1.29, 1.82) is 0 Å². The standard InChI is InChI=1S/C10H8F3NO/c1-14-7-6-8-2-4-9(5-3-8)15-10(11,12)13/h2-5H,6-7H2. The summed E-state index contributed by atoms with van der Waals surface area (Å²) >= 11 is 0. The van der Waals surface area contributed by atoms with Gasteiger partial charge in [0.2, 0.25) is 6.54 Å². The zero-order chi connectivity index (χ0) is 11.3. The first-order valence-electron chi connectivity index (χ1n) is 4.19. The first-order valence-corrected chi connectivity index (χ1v) is 4.19. The van der Waals surface area contributed by atoms with Crippen LogP contribution in [0.4, 0.5) is 13.2 Å². The Labute approximate surface area is 85.1 Å². The topological polar surface area (TPSA) is 13.6 Å². The molecule has 0 amide bonds. The van der Waals surface area contributed by atoms with Crippen LogP contribution >= 0.6 is 0 Å². The number of benzene rings is 1. The molecule has 0 spiro atoms. The van der Waals surface area contributed by atoms with Gasteiger partial charge in [-0.25, -0.2) is 6.57 Å². The molecule has 0 heterocycles. The van der Waals surface area contributed by atoms with Gasteiger partial charge in [0.25, 0.3) is 0 Å². The van der Waals surface area contributed by atoms with Gasteiger partial charge in [-0.2, -0.15) is 0 Å². The zero-order valence-electron chi connectivity index (χ0n) is 7.71. The summed E-state index contributed by atoms with van der Waals surface area (Å²) in [6.45, 7) is 6.90. The minimum Gasteiger partial charge on any atom is -0.406 e.